The van der Waals surface area contributed by atoms with Crippen LogP contribution < -0.4 is 11.1 Å². The van der Waals surface area contributed by atoms with Crippen molar-refractivity contribution < 1.29 is 9.18 Å². The molecule has 0 aliphatic heterocycles. The second kappa shape index (κ2) is 7.97. The average Bonchev–Trinajstić information content (AvgIpc) is 2.46. The summed E-state index contributed by atoms with van der Waals surface area (Å²) in [6.07, 6.45) is 0.921. The Balaban J connectivity index is 0.00000264. The molecular weight excluding hydrogens is 315 g/mol. The van der Waals surface area contributed by atoms with Gasteiger partial charge in [0.25, 0.3) is 0 Å². The highest BCUT2D eigenvalue weighted by Gasteiger charge is 2.23. The maximum absolute atomic E-state index is 13.3. The molecule has 3 nitrogen and oxygen atoms in total. The van der Waals surface area contributed by atoms with E-state index in [0.29, 0.717) is 18.5 Å². The molecule has 124 valence electrons. The normalized spacial score (nSPS) is 10.7. The van der Waals surface area contributed by atoms with E-state index in [2.05, 4.69) is 5.32 Å². The molecule has 0 saturated carbocycles. The molecule has 0 spiro atoms. The lowest BCUT2D eigenvalue weighted by molar-refractivity contribution is -0.122. The number of aryl methyl sites for hydroxylation is 1. The molecule has 5 heteroatoms. The average molecular weight is 337 g/mol. The topological polar surface area (TPSA) is 55.1 Å². The van der Waals surface area contributed by atoms with E-state index in [1.807, 2.05) is 38.1 Å². The molecular formula is C18H22ClFN2O. The van der Waals surface area contributed by atoms with Gasteiger partial charge in [0.1, 0.15) is 5.82 Å². The standard InChI is InChI=1S/C18H21FN2O.ClH/c1-18(2,14-7-5-8-15(19)12-14)21-17(22)11-10-13-6-3-4-9-16(13)20;/h3-9,12H,10-11,20H2,1-2H3,(H,21,22);1H. The summed E-state index contributed by atoms with van der Waals surface area (Å²) >= 11 is 0. The Morgan fingerprint density at radius 3 is 2.52 bits per heavy atom. The monoisotopic (exact) mass is 336 g/mol. The number of nitrogens with one attached hydrogen (secondary N) is 1. The molecule has 0 aliphatic rings. The van der Waals surface area contributed by atoms with E-state index in [1.165, 1.54) is 12.1 Å². The van der Waals surface area contributed by atoms with Crippen LogP contribution in [0, 0.1) is 5.82 Å². The molecule has 2 rings (SSSR count). The Morgan fingerprint density at radius 1 is 1.17 bits per heavy atom. The molecule has 0 aromatic heterocycles. The van der Waals surface area contributed by atoms with Crippen LogP contribution in [0.1, 0.15) is 31.4 Å². The summed E-state index contributed by atoms with van der Waals surface area (Å²) in [6.45, 7) is 3.72. The SMILES string of the molecule is CC(C)(NC(=O)CCc1ccccc1N)c1cccc(F)c1.Cl. The molecule has 3 N–H and O–H groups in total. The summed E-state index contributed by atoms with van der Waals surface area (Å²) in [5.74, 6) is -0.394. The molecule has 0 radical (unpaired) electrons. The molecule has 0 saturated heterocycles. The molecule has 0 unspecified atom stereocenters. The number of amides is 1. The summed E-state index contributed by atoms with van der Waals surface area (Å²) in [4.78, 5) is 12.2. The van der Waals surface area contributed by atoms with Crippen LogP contribution in [0.2, 0.25) is 0 Å². The van der Waals surface area contributed by atoms with Gasteiger partial charge >= 0.3 is 0 Å². The van der Waals surface area contributed by atoms with Crippen molar-refractivity contribution in [2.75, 3.05) is 5.73 Å². The van der Waals surface area contributed by atoms with Crippen molar-refractivity contribution >= 4 is 24.0 Å². The maximum atomic E-state index is 13.3. The fourth-order valence-electron chi connectivity index (χ4n) is 2.37. The van der Waals surface area contributed by atoms with Crippen LogP contribution in [0.3, 0.4) is 0 Å². The largest absolute Gasteiger partial charge is 0.399 e. The number of anilines is 1. The van der Waals surface area contributed by atoms with Crippen molar-refractivity contribution in [3.8, 4) is 0 Å². The van der Waals surface area contributed by atoms with Crippen molar-refractivity contribution in [2.45, 2.75) is 32.2 Å². The maximum Gasteiger partial charge on any atom is 0.221 e. The van der Waals surface area contributed by atoms with Gasteiger partial charge in [0, 0.05) is 12.1 Å². The molecule has 23 heavy (non-hydrogen) atoms. The van der Waals surface area contributed by atoms with Crippen molar-refractivity contribution in [3.05, 3.63) is 65.5 Å². The van der Waals surface area contributed by atoms with E-state index in [9.17, 15) is 9.18 Å². The van der Waals surface area contributed by atoms with Crippen LogP contribution in [0.15, 0.2) is 48.5 Å². The molecule has 2 aromatic rings. The number of carbonyl (C=O) groups is 1. The highest BCUT2D eigenvalue weighted by atomic mass is 35.5. The molecule has 0 bridgehead atoms. The molecule has 0 aliphatic carbocycles. The Bertz CT molecular complexity index is 674. The fraction of sp³-hybridized carbons (Fsp3) is 0.278. The predicted octanol–water partition coefficient (Wildman–Crippen LogP) is 3.81. The van der Waals surface area contributed by atoms with Gasteiger partial charge < -0.3 is 11.1 Å². The van der Waals surface area contributed by atoms with Crippen LogP contribution in [-0.4, -0.2) is 5.91 Å². The first-order valence-corrected chi connectivity index (χ1v) is 7.29. The van der Waals surface area contributed by atoms with Crippen LogP contribution in [-0.2, 0) is 16.8 Å². The first-order chi connectivity index (χ1) is 10.4. The lowest BCUT2D eigenvalue weighted by Gasteiger charge is -2.27. The third-order valence-corrected chi connectivity index (χ3v) is 3.67. The highest BCUT2D eigenvalue weighted by Crippen LogP contribution is 2.21. The van der Waals surface area contributed by atoms with Crippen LogP contribution in [0.5, 0.6) is 0 Å². The van der Waals surface area contributed by atoms with Crippen LogP contribution in [0.4, 0.5) is 10.1 Å². The van der Waals surface area contributed by atoms with Crippen LogP contribution >= 0.6 is 12.4 Å². The van der Waals surface area contributed by atoms with E-state index in [0.717, 1.165) is 11.1 Å². The Kier molecular flexibility index (Phi) is 6.58. The summed E-state index contributed by atoms with van der Waals surface area (Å²) in [5.41, 5.74) is 7.63. The third-order valence-electron chi connectivity index (χ3n) is 3.67. The molecule has 1 amide bonds. The predicted molar refractivity (Wildman–Crippen MR) is 94.0 cm³/mol. The van der Waals surface area contributed by atoms with E-state index in [-0.39, 0.29) is 24.1 Å². The van der Waals surface area contributed by atoms with Crippen molar-refractivity contribution in [3.63, 3.8) is 0 Å². The minimum atomic E-state index is -0.624. The van der Waals surface area contributed by atoms with Crippen molar-refractivity contribution in [1.82, 2.24) is 5.32 Å². The Hall–Kier alpha value is -2.07. The zero-order valence-corrected chi connectivity index (χ0v) is 14.1. The number of rotatable bonds is 5. The van der Waals surface area contributed by atoms with Gasteiger partial charge in [0.15, 0.2) is 0 Å². The minimum Gasteiger partial charge on any atom is -0.399 e. The number of benzene rings is 2. The quantitative estimate of drug-likeness (QED) is 0.816. The zero-order chi connectivity index (χ0) is 16.2. The summed E-state index contributed by atoms with van der Waals surface area (Å²) in [5, 5.41) is 2.94. The number of hydrogen-bond acceptors (Lipinski definition) is 2. The number of nitrogens with two attached hydrogens (primary N) is 1. The summed E-state index contributed by atoms with van der Waals surface area (Å²) in [7, 11) is 0. The first kappa shape index (κ1) is 19.0. The van der Waals surface area contributed by atoms with Gasteiger partial charge in [-0.05, 0) is 49.6 Å². The first-order valence-electron chi connectivity index (χ1n) is 7.29. The third kappa shape index (κ3) is 5.25. The molecule has 0 fully saturated rings. The van der Waals surface area contributed by atoms with Crippen molar-refractivity contribution in [2.24, 2.45) is 0 Å². The van der Waals surface area contributed by atoms with Gasteiger partial charge in [0.2, 0.25) is 5.91 Å². The van der Waals surface area contributed by atoms with Gasteiger partial charge in [-0.15, -0.1) is 12.4 Å². The summed E-state index contributed by atoms with van der Waals surface area (Å²) < 4.78 is 13.3. The Labute approximate surface area is 142 Å². The smallest absolute Gasteiger partial charge is 0.221 e. The lowest BCUT2D eigenvalue weighted by atomic mass is 9.94. The number of hydrogen-bond donors (Lipinski definition) is 2. The van der Waals surface area contributed by atoms with Gasteiger partial charge in [-0.25, -0.2) is 4.39 Å². The second-order valence-corrected chi connectivity index (χ2v) is 5.88. The van der Waals surface area contributed by atoms with Gasteiger partial charge in [-0.2, -0.15) is 0 Å². The van der Waals surface area contributed by atoms with Gasteiger partial charge in [0.05, 0.1) is 5.54 Å². The fourth-order valence-corrected chi connectivity index (χ4v) is 2.37. The van der Waals surface area contributed by atoms with E-state index in [4.69, 9.17) is 5.73 Å². The van der Waals surface area contributed by atoms with E-state index in [1.54, 1.807) is 12.1 Å². The number of para-hydroxylation sites is 1. The van der Waals surface area contributed by atoms with Crippen molar-refractivity contribution in [1.29, 1.82) is 0 Å². The van der Waals surface area contributed by atoms with E-state index >= 15 is 0 Å². The summed E-state index contributed by atoms with van der Waals surface area (Å²) in [6, 6.07) is 13.8. The number of halogens is 2. The highest BCUT2D eigenvalue weighted by molar-refractivity contribution is 5.85. The molecule has 0 atom stereocenters. The lowest BCUT2D eigenvalue weighted by Crippen LogP contribution is -2.41. The minimum absolute atomic E-state index is 0. The molecule has 2 aromatic carbocycles. The second-order valence-electron chi connectivity index (χ2n) is 5.88. The molecule has 0 heterocycles. The number of carbonyl (C=O) groups excluding carboxylic acids is 1. The van der Waals surface area contributed by atoms with E-state index < -0.39 is 5.54 Å². The van der Waals surface area contributed by atoms with Gasteiger partial charge in [-0.3, -0.25) is 4.79 Å². The van der Waals surface area contributed by atoms with Gasteiger partial charge in [-0.1, -0.05) is 30.3 Å². The number of nitrogen functional groups attached to an aromatic ring is 1. The Morgan fingerprint density at radius 2 is 1.87 bits per heavy atom. The van der Waals surface area contributed by atoms with Crippen LogP contribution in [0.25, 0.3) is 0 Å². The zero-order valence-electron chi connectivity index (χ0n) is 13.3.